The molecule has 1 unspecified atom stereocenters. The van der Waals surface area contributed by atoms with Crippen molar-refractivity contribution in [2.45, 2.75) is 46.1 Å². The van der Waals surface area contributed by atoms with Gasteiger partial charge in [0.2, 0.25) is 10.0 Å². The van der Waals surface area contributed by atoms with Crippen molar-refractivity contribution < 1.29 is 8.42 Å². The van der Waals surface area contributed by atoms with Crippen LogP contribution >= 0.6 is 0 Å². The van der Waals surface area contributed by atoms with Crippen LogP contribution < -0.4 is 10.0 Å². The Kier molecular flexibility index (Phi) is 8.00. The van der Waals surface area contributed by atoms with Gasteiger partial charge in [-0.15, -0.1) is 0 Å². The van der Waals surface area contributed by atoms with Crippen molar-refractivity contribution in [2.75, 3.05) is 18.8 Å². The Bertz CT molecular complexity index is 240. The molecular formula is C10H24N2O2S. The molecule has 0 aromatic heterocycles. The predicted octanol–water partition coefficient (Wildman–Crippen LogP) is 1.09. The molecule has 0 aliphatic rings. The first-order chi connectivity index (χ1) is 7.02. The summed E-state index contributed by atoms with van der Waals surface area (Å²) in [5.74, 6) is 0.239. The van der Waals surface area contributed by atoms with E-state index < -0.39 is 10.0 Å². The van der Waals surface area contributed by atoms with Gasteiger partial charge in [0.15, 0.2) is 0 Å². The fourth-order valence-electron chi connectivity index (χ4n) is 1.17. The molecule has 4 nitrogen and oxygen atoms in total. The van der Waals surface area contributed by atoms with Crippen LogP contribution in [0.3, 0.4) is 0 Å². The van der Waals surface area contributed by atoms with Crippen molar-refractivity contribution in [1.29, 1.82) is 0 Å². The molecule has 0 spiro atoms. The molecule has 15 heavy (non-hydrogen) atoms. The molecule has 92 valence electrons. The number of unbranched alkanes of at least 4 members (excludes halogenated alkanes) is 1. The van der Waals surface area contributed by atoms with Crippen molar-refractivity contribution in [1.82, 2.24) is 10.0 Å². The molecule has 2 N–H and O–H groups in total. The van der Waals surface area contributed by atoms with Crippen LogP contribution in [0.4, 0.5) is 0 Å². The number of nitrogens with one attached hydrogen (secondary N) is 2. The van der Waals surface area contributed by atoms with Crippen molar-refractivity contribution in [3.05, 3.63) is 0 Å². The first-order valence-corrected chi connectivity index (χ1v) is 7.37. The van der Waals surface area contributed by atoms with E-state index in [9.17, 15) is 8.42 Å². The third-order valence-corrected chi connectivity index (χ3v) is 3.85. The molecule has 0 rings (SSSR count). The number of hydrogen-bond acceptors (Lipinski definition) is 3. The van der Waals surface area contributed by atoms with E-state index in [0.717, 1.165) is 32.4 Å². The Labute approximate surface area is 93.9 Å². The zero-order chi connectivity index (χ0) is 11.7. The summed E-state index contributed by atoms with van der Waals surface area (Å²) in [4.78, 5) is 0. The minimum Gasteiger partial charge on any atom is -0.317 e. The first-order valence-electron chi connectivity index (χ1n) is 5.72. The lowest BCUT2D eigenvalue weighted by Gasteiger charge is -2.11. The normalized spacial score (nSPS) is 14.1. The Hall–Kier alpha value is -0.130. The molecule has 0 saturated heterocycles. The largest absolute Gasteiger partial charge is 0.317 e. The van der Waals surface area contributed by atoms with Gasteiger partial charge < -0.3 is 5.32 Å². The van der Waals surface area contributed by atoms with Gasteiger partial charge in [0.1, 0.15) is 0 Å². The summed E-state index contributed by atoms with van der Waals surface area (Å²) in [6, 6.07) is 0.0452. The minimum atomic E-state index is -3.06. The predicted molar refractivity (Wildman–Crippen MR) is 64.5 cm³/mol. The molecule has 0 radical (unpaired) electrons. The van der Waals surface area contributed by atoms with E-state index in [0.29, 0.717) is 0 Å². The number of rotatable bonds is 9. The highest BCUT2D eigenvalue weighted by molar-refractivity contribution is 7.89. The summed E-state index contributed by atoms with van der Waals surface area (Å²) >= 11 is 0. The van der Waals surface area contributed by atoms with Gasteiger partial charge in [-0.3, -0.25) is 0 Å². The lowest BCUT2D eigenvalue weighted by molar-refractivity contribution is 0.550. The Morgan fingerprint density at radius 3 is 2.40 bits per heavy atom. The topological polar surface area (TPSA) is 58.2 Å². The van der Waals surface area contributed by atoms with E-state index in [1.165, 1.54) is 0 Å². The molecule has 0 aliphatic carbocycles. The average molecular weight is 236 g/mol. The van der Waals surface area contributed by atoms with Crippen molar-refractivity contribution in [3.63, 3.8) is 0 Å². The van der Waals surface area contributed by atoms with Gasteiger partial charge >= 0.3 is 0 Å². The first kappa shape index (κ1) is 14.9. The maximum Gasteiger partial charge on any atom is 0.211 e. The Morgan fingerprint density at radius 1 is 1.20 bits per heavy atom. The van der Waals surface area contributed by atoms with Crippen molar-refractivity contribution >= 4 is 10.0 Å². The molecule has 0 aromatic rings. The van der Waals surface area contributed by atoms with Crippen LogP contribution in [0.5, 0.6) is 0 Å². The van der Waals surface area contributed by atoms with E-state index in [1.807, 2.05) is 20.8 Å². The average Bonchev–Trinajstić information content (AvgIpc) is 2.16. The van der Waals surface area contributed by atoms with Gasteiger partial charge in [-0.25, -0.2) is 13.1 Å². The fraction of sp³-hybridized carbons (Fsp3) is 1.00. The molecular weight excluding hydrogens is 212 g/mol. The molecule has 0 bridgehead atoms. The zero-order valence-electron chi connectivity index (χ0n) is 10.0. The number of sulfonamides is 1. The summed E-state index contributed by atoms with van der Waals surface area (Å²) in [6.07, 6.45) is 2.46. The van der Waals surface area contributed by atoms with Gasteiger partial charge in [0.05, 0.1) is 5.75 Å². The third kappa shape index (κ3) is 8.84. The second kappa shape index (κ2) is 8.07. The minimum absolute atomic E-state index is 0.0452. The Balaban J connectivity index is 3.65. The second-order valence-corrected chi connectivity index (χ2v) is 5.68. The van der Waals surface area contributed by atoms with Gasteiger partial charge in [-0.2, -0.15) is 0 Å². The fourth-order valence-corrected chi connectivity index (χ4v) is 2.65. The molecule has 0 fully saturated rings. The van der Waals surface area contributed by atoms with Crippen LogP contribution in [0.25, 0.3) is 0 Å². The highest BCUT2D eigenvalue weighted by Crippen LogP contribution is 1.97. The molecule has 0 heterocycles. The van der Waals surface area contributed by atoms with Crippen LogP contribution in [0.15, 0.2) is 0 Å². The SMILES string of the molecule is CCNCCCCS(=O)(=O)NC(C)CC. The third-order valence-electron chi connectivity index (χ3n) is 2.26. The molecule has 0 amide bonds. The standard InChI is InChI=1S/C10H24N2O2S/c1-4-10(3)12-15(13,14)9-7-6-8-11-5-2/h10-12H,4-9H2,1-3H3. The quantitative estimate of drug-likeness (QED) is 0.589. The zero-order valence-corrected chi connectivity index (χ0v) is 10.9. The maximum absolute atomic E-state index is 11.5. The molecule has 0 aliphatic heterocycles. The summed E-state index contributed by atoms with van der Waals surface area (Å²) in [5, 5.41) is 3.17. The summed E-state index contributed by atoms with van der Waals surface area (Å²) in [6.45, 7) is 7.74. The molecule has 5 heteroatoms. The van der Waals surface area contributed by atoms with Gasteiger partial charge in [-0.05, 0) is 39.3 Å². The maximum atomic E-state index is 11.5. The highest BCUT2D eigenvalue weighted by Gasteiger charge is 2.12. The van der Waals surface area contributed by atoms with Crippen LogP contribution in [-0.4, -0.2) is 33.3 Å². The van der Waals surface area contributed by atoms with E-state index in [-0.39, 0.29) is 11.8 Å². The van der Waals surface area contributed by atoms with Gasteiger partial charge in [0.25, 0.3) is 0 Å². The van der Waals surface area contributed by atoms with Crippen LogP contribution in [0, 0.1) is 0 Å². The van der Waals surface area contributed by atoms with Crippen LogP contribution in [-0.2, 0) is 10.0 Å². The lowest BCUT2D eigenvalue weighted by atomic mass is 10.3. The highest BCUT2D eigenvalue weighted by atomic mass is 32.2. The Morgan fingerprint density at radius 2 is 1.87 bits per heavy atom. The second-order valence-electron chi connectivity index (χ2n) is 3.81. The lowest BCUT2D eigenvalue weighted by Crippen LogP contribution is -2.34. The van der Waals surface area contributed by atoms with Gasteiger partial charge in [-0.1, -0.05) is 13.8 Å². The van der Waals surface area contributed by atoms with Gasteiger partial charge in [0, 0.05) is 6.04 Å². The summed E-state index contributed by atoms with van der Waals surface area (Å²) in [5.41, 5.74) is 0. The molecule has 0 aromatic carbocycles. The van der Waals surface area contributed by atoms with E-state index in [4.69, 9.17) is 0 Å². The van der Waals surface area contributed by atoms with Crippen molar-refractivity contribution in [2.24, 2.45) is 0 Å². The van der Waals surface area contributed by atoms with Crippen molar-refractivity contribution in [3.8, 4) is 0 Å². The number of hydrogen-bond donors (Lipinski definition) is 2. The van der Waals surface area contributed by atoms with E-state index in [1.54, 1.807) is 0 Å². The monoisotopic (exact) mass is 236 g/mol. The van der Waals surface area contributed by atoms with E-state index >= 15 is 0 Å². The summed E-state index contributed by atoms with van der Waals surface area (Å²) < 4.78 is 25.7. The molecule has 0 saturated carbocycles. The van der Waals surface area contributed by atoms with E-state index in [2.05, 4.69) is 10.0 Å². The van der Waals surface area contributed by atoms with Crippen LogP contribution in [0.2, 0.25) is 0 Å². The smallest absolute Gasteiger partial charge is 0.211 e. The molecule has 1 atom stereocenters. The van der Waals surface area contributed by atoms with Crippen LogP contribution in [0.1, 0.15) is 40.0 Å². The summed E-state index contributed by atoms with van der Waals surface area (Å²) in [7, 11) is -3.06.